The van der Waals surface area contributed by atoms with Gasteiger partial charge in [0.15, 0.2) is 11.0 Å². The van der Waals surface area contributed by atoms with E-state index in [0.717, 1.165) is 12.8 Å². The molecule has 0 aromatic carbocycles. The second kappa shape index (κ2) is 7.38. The van der Waals surface area contributed by atoms with Crippen LogP contribution in [0.15, 0.2) is 6.33 Å². The van der Waals surface area contributed by atoms with Crippen LogP contribution in [0.4, 0.5) is 11.5 Å². The maximum atomic E-state index is 10.0. The molecular weight excluding hydrogens is 252 g/mol. The van der Waals surface area contributed by atoms with Crippen molar-refractivity contribution in [1.29, 1.82) is 0 Å². The Hall–Kier alpha value is -1.07. The van der Waals surface area contributed by atoms with E-state index in [1.807, 2.05) is 0 Å². The first-order valence-electron chi connectivity index (χ1n) is 6.24. The van der Waals surface area contributed by atoms with Gasteiger partial charge >= 0.3 is 0 Å². The van der Waals surface area contributed by atoms with E-state index in [1.165, 1.54) is 6.33 Å². The molecule has 1 aromatic rings. The molecular formula is C12H21ClN4O. The SMILES string of the molecule is CCC(CC)C(O)CNc1ncnc(Cl)c1NC. The average molecular weight is 273 g/mol. The standard InChI is InChI=1S/C12H21ClN4O/c1-4-8(5-2)9(18)6-15-12-10(14-3)11(13)16-7-17-12/h7-9,14,18H,4-6H2,1-3H3,(H,15,16,17). The Morgan fingerprint density at radius 1 is 1.33 bits per heavy atom. The van der Waals surface area contributed by atoms with E-state index in [-0.39, 0.29) is 0 Å². The van der Waals surface area contributed by atoms with Crippen molar-refractivity contribution in [1.82, 2.24) is 9.97 Å². The Morgan fingerprint density at radius 2 is 2.00 bits per heavy atom. The maximum Gasteiger partial charge on any atom is 0.157 e. The molecule has 1 aromatic heterocycles. The highest BCUT2D eigenvalue weighted by Gasteiger charge is 2.16. The van der Waals surface area contributed by atoms with Gasteiger partial charge in [0.2, 0.25) is 0 Å². The molecule has 3 N–H and O–H groups in total. The first-order chi connectivity index (χ1) is 8.63. The summed E-state index contributed by atoms with van der Waals surface area (Å²) in [6, 6.07) is 0. The normalized spacial score (nSPS) is 12.6. The Morgan fingerprint density at radius 3 is 2.56 bits per heavy atom. The lowest BCUT2D eigenvalue weighted by Gasteiger charge is -2.21. The van der Waals surface area contributed by atoms with Crippen LogP contribution in [0.1, 0.15) is 26.7 Å². The second-order valence-corrected chi connectivity index (χ2v) is 4.52. The fourth-order valence-electron chi connectivity index (χ4n) is 1.92. The van der Waals surface area contributed by atoms with E-state index in [1.54, 1.807) is 7.05 Å². The predicted octanol–water partition coefficient (Wildman–Crippen LogP) is 2.38. The molecule has 1 unspecified atom stereocenters. The fraction of sp³-hybridized carbons (Fsp3) is 0.667. The number of aromatic nitrogens is 2. The quantitative estimate of drug-likeness (QED) is 0.665. The van der Waals surface area contributed by atoms with Crippen LogP contribution in [0.2, 0.25) is 5.15 Å². The highest BCUT2D eigenvalue weighted by Crippen LogP contribution is 2.25. The number of nitrogens with one attached hydrogen (secondary N) is 2. The summed E-state index contributed by atoms with van der Waals surface area (Å²) in [6.07, 6.45) is 2.93. The van der Waals surface area contributed by atoms with Gasteiger partial charge in [0, 0.05) is 13.6 Å². The summed E-state index contributed by atoms with van der Waals surface area (Å²) in [5.41, 5.74) is 0.649. The van der Waals surface area contributed by atoms with Crippen LogP contribution in [0.3, 0.4) is 0 Å². The summed E-state index contributed by atoms with van der Waals surface area (Å²) in [4.78, 5) is 8.01. The first kappa shape index (κ1) is 15.0. The molecule has 5 nitrogen and oxygen atoms in total. The number of anilines is 2. The third-order valence-electron chi connectivity index (χ3n) is 3.12. The van der Waals surface area contributed by atoms with E-state index in [2.05, 4.69) is 34.4 Å². The zero-order valence-electron chi connectivity index (χ0n) is 11.1. The molecule has 0 saturated heterocycles. The molecule has 1 rings (SSSR count). The van der Waals surface area contributed by atoms with Crippen molar-refractivity contribution in [2.75, 3.05) is 24.2 Å². The van der Waals surface area contributed by atoms with E-state index in [9.17, 15) is 5.11 Å². The molecule has 0 fully saturated rings. The topological polar surface area (TPSA) is 70.1 Å². The van der Waals surface area contributed by atoms with Gasteiger partial charge in [-0.3, -0.25) is 0 Å². The summed E-state index contributed by atoms with van der Waals surface area (Å²) >= 11 is 5.95. The molecule has 0 bridgehead atoms. The summed E-state index contributed by atoms with van der Waals surface area (Å²) in [5, 5.41) is 16.5. The van der Waals surface area contributed by atoms with Gasteiger partial charge in [-0.05, 0) is 5.92 Å². The van der Waals surface area contributed by atoms with E-state index in [4.69, 9.17) is 11.6 Å². The Kier molecular flexibility index (Phi) is 6.15. The van der Waals surface area contributed by atoms with E-state index in [0.29, 0.717) is 29.1 Å². The minimum absolute atomic E-state index is 0.299. The van der Waals surface area contributed by atoms with Crippen LogP contribution >= 0.6 is 11.6 Å². The first-order valence-corrected chi connectivity index (χ1v) is 6.61. The van der Waals surface area contributed by atoms with Crippen LogP contribution < -0.4 is 10.6 Å². The van der Waals surface area contributed by atoms with Gasteiger partial charge in [-0.15, -0.1) is 0 Å². The number of halogens is 1. The maximum absolute atomic E-state index is 10.0. The number of hydrogen-bond donors (Lipinski definition) is 3. The molecule has 1 atom stereocenters. The van der Waals surface area contributed by atoms with Crippen molar-refractivity contribution >= 4 is 23.1 Å². The van der Waals surface area contributed by atoms with Crippen molar-refractivity contribution in [3.63, 3.8) is 0 Å². The number of aliphatic hydroxyl groups excluding tert-OH is 1. The van der Waals surface area contributed by atoms with Gasteiger partial charge in [-0.2, -0.15) is 0 Å². The van der Waals surface area contributed by atoms with Crippen molar-refractivity contribution in [2.24, 2.45) is 5.92 Å². The number of nitrogens with zero attached hydrogens (tertiary/aromatic N) is 2. The van der Waals surface area contributed by atoms with Crippen LogP contribution in [0.25, 0.3) is 0 Å². The Balaban J connectivity index is 2.66. The predicted molar refractivity (Wildman–Crippen MR) is 75.2 cm³/mol. The van der Waals surface area contributed by atoms with Crippen LogP contribution in [-0.2, 0) is 0 Å². The van der Waals surface area contributed by atoms with Gasteiger partial charge in [0.25, 0.3) is 0 Å². The minimum atomic E-state index is -0.390. The largest absolute Gasteiger partial charge is 0.391 e. The molecule has 0 saturated carbocycles. The number of rotatable bonds is 7. The fourth-order valence-corrected chi connectivity index (χ4v) is 2.15. The lowest BCUT2D eigenvalue weighted by molar-refractivity contribution is 0.114. The molecule has 0 spiro atoms. The highest BCUT2D eigenvalue weighted by atomic mass is 35.5. The van der Waals surface area contributed by atoms with Crippen molar-refractivity contribution in [2.45, 2.75) is 32.8 Å². The molecule has 0 aliphatic heterocycles. The van der Waals surface area contributed by atoms with Gasteiger partial charge in [0.05, 0.1) is 6.10 Å². The van der Waals surface area contributed by atoms with Crippen molar-refractivity contribution < 1.29 is 5.11 Å². The van der Waals surface area contributed by atoms with Gasteiger partial charge in [-0.25, -0.2) is 9.97 Å². The second-order valence-electron chi connectivity index (χ2n) is 4.16. The van der Waals surface area contributed by atoms with Crippen LogP contribution in [0, 0.1) is 5.92 Å². The summed E-state index contributed by atoms with van der Waals surface area (Å²) in [5.74, 6) is 0.912. The molecule has 6 heteroatoms. The molecule has 0 aliphatic rings. The summed E-state index contributed by atoms with van der Waals surface area (Å²) in [7, 11) is 1.76. The average Bonchev–Trinajstić information content (AvgIpc) is 2.37. The Labute approximate surface area is 113 Å². The monoisotopic (exact) mass is 272 g/mol. The van der Waals surface area contributed by atoms with Gasteiger partial charge < -0.3 is 15.7 Å². The summed E-state index contributed by atoms with van der Waals surface area (Å²) in [6.45, 7) is 4.62. The number of hydrogen-bond acceptors (Lipinski definition) is 5. The summed E-state index contributed by atoms with van der Waals surface area (Å²) < 4.78 is 0. The third kappa shape index (κ3) is 3.71. The zero-order valence-corrected chi connectivity index (χ0v) is 11.8. The van der Waals surface area contributed by atoms with Gasteiger partial charge in [-0.1, -0.05) is 38.3 Å². The lowest BCUT2D eigenvalue weighted by atomic mass is 9.96. The Bertz CT molecular complexity index is 371. The third-order valence-corrected chi connectivity index (χ3v) is 3.41. The molecule has 18 heavy (non-hydrogen) atoms. The minimum Gasteiger partial charge on any atom is -0.391 e. The van der Waals surface area contributed by atoms with E-state index < -0.39 is 6.10 Å². The van der Waals surface area contributed by atoms with Gasteiger partial charge in [0.1, 0.15) is 12.0 Å². The number of aliphatic hydroxyl groups is 1. The molecule has 0 radical (unpaired) electrons. The molecule has 0 amide bonds. The van der Waals surface area contributed by atoms with Crippen LogP contribution in [0.5, 0.6) is 0 Å². The zero-order chi connectivity index (χ0) is 13.5. The van der Waals surface area contributed by atoms with Crippen molar-refractivity contribution in [3.05, 3.63) is 11.5 Å². The highest BCUT2D eigenvalue weighted by molar-refractivity contribution is 6.32. The van der Waals surface area contributed by atoms with E-state index >= 15 is 0 Å². The van der Waals surface area contributed by atoms with Crippen LogP contribution in [-0.4, -0.2) is 34.8 Å². The van der Waals surface area contributed by atoms with Crippen molar-refractivity contribution in [3.8, 4) is 0 Å². The lowest BCUT2D eigenvalue weighted by Crippen LogP contribution is -2.28. The molecule has 0 aliphatic carbocycles. The molecule has 1 heterocycles. The molecule has 102 valence electrons. The smallest absolute Gasteiger partial charge is 0.157 e.